The molecule has 84 valence electrons. The standard InChI is InChI=1S/C10H17N3OS/c1-8(14)7-15-10-12-11-9-5-3-2-4-6-13(9)10/h8,14H,2-7H2,1H3/t8-/m1/s1. The minimum absolute atomic E-state index is 0.284. The van der Waals surface area contributed by atoms with Gasteiger partial charge in [-0.3, -0.25) is 0 Å². The SMILES string of the molecule is C[C@@H](O)CSc1nnc2n1CCCCC2. The summed E-state index contributed by atoms with van der Waals surface area (Å²) in [5.41, 5.74) is 0. The van der Waals surface area contributed by atoms with Crippen molar-refractivity contribution in [2.45, 2.75) is 50.4 Å². The lowest BCUT2D eigenvalue weighted by Crippen LogP contribution is -2.06. The van der Waals surface area contributed by atoms with Gasteiger partial charge in [0.2, 0.25) is 0 Å². The summed E-state index contributed by atoms with van der Waals surface area (Å²) in [4.78, 5) is 0. The summed E-state index contributed by atoms with van der Waals surface area (Å²) in [6.07, 6.45) is 4.48. The zero-order chi connectivity index (χ0) is 10.7. The molecule has 1 aliphatic rings. The van der Waals surface area contributed by atoms with E-state index in [1.165, 1.54) is 19.3 Å². The molecule has 0 spiro atoms. The van der Waals surface area contributed by atoms with Crippen molar-refractivity contribution in [3.8, 4) is 0 Å². The quantitative estimate of drug-likeness (QED) is 0.795. The molecule has 1 aromatic rings. The Balaban J connectivity index is 2.08. The molecule has 4 nitrogen and oxygen atoms in total. The topological polar surface area (TPSA) is 50.9 Å². The molecule has 0 unspecified atom stereocenters. The number of aryl methyl sites for hydroxylation is 1. The summed E-state index contributed by atoms with van der Waals surface area (Å²) in [6, 6.07) is 0. The van der Waals surface area contributed by atoms with E-state index in [2.05, 4.69) is 14.8 Å². The number of aliphatic hydroxyl groups is 1. The highest BCUT2D eigenvalue weighted by molar-refractivity contribution is 7.99. The molecule has 1 aliphatic heterocycles. The zero-order valence-corrected chi connectivity index (χ0v) is 9.83. The molecule has 0 amide bonds. The number of thioether (sulfide) groups is 1. The highest BCUT2D eigenvalue weighted by atomic mass is 32.2. The van der Waals surface area contributed by atoms with E-state index in [1.807, 2.05) is 0 Å². The van der Waals surface area contributed by atoms with Gasteiger partial charge in [-0.25, -0.2) is 0 Å². The van der Waals surface area contributed by atoms with Crippen LogP contribution in [0, 0.1) is 0 Å². The normalized spacial score (nSPS) is 18.3. The van der Waals surface area contributed by atoms with E-state index in [9.17, 15) is 5.11 Å². The second-order valence-electron chi connectivity index (χ2n) is 4.02. The zero-order valence-electron chi connectivity index (χ0n) is 9.02. The molecule has 2 rings (SSSR count). The van der Waals surface area contributed by atoms with Crippen LogP contribution in [0.2, 0.25) is 0 Å². The molecule has 0 aromatic carbocycles. The number of hydrogen-bond donors (Lipinski definition) is 1. The lowest BCUT2D eigenvalue weighted by atomic mass is 10.2. The Kier molecular flexibility index (Phi) is 3.64. The summed E-state index contributed by atoms with van der Waals surface area (Å²) in [7, 11) is 0. The number of fused-ring (bicyclic) bond motifs is 1. The van der Waals surface area contributed by atoms with Crippen molar-refractivity contribution in [2.24, 2.45) is 0 Å². The fraction of sp³-hybridized carbons (Fsp3) is 0.800. The lowest BCUT2D eigenvalue weighted by molar-refractivity contribution is 0.220. The van der Waals surface area contributed by atoms with Crippen LogP contribution in [0.15, 0.2) is 5.16 Å². The Morgan fingerprint density at radius 2 is 2.27 bits per heavy atom. The maximum absolute atomic E-state index is 9.23. The highest BCUT2D eigenvalue weighted by Gasteiger charge is 2.15. The van der Waals surface area contributed by atoms with Crippen molar-refractivity contribution in [3.05, 3.63) is 5.82 Å². The second kappa shape index (κ2) is 4.99. The first kappa shape index (κ1) is 11.0. The van der Waals surface area contributed by atoms with Crippen molar-refractivity contribution >= 4 is 11.8 Å². The van der Waals surface area contributed by atoms with Gasteiger partial charge in [0.05, 0.1) is 6.10 Å². The molecule has 0 saturated carbocycles. The molecule has 15 heavy (non-hydrogen) atoms. The lowest BCUT2D eigenvalue weighted by Gasteiger charge is -2.06. The van der Waals surface area contributed by atoms with E-state index in [4.69, 9.17) is 0 Å². The van der Waals surface area contributed by atoms with E-state index < -0.39 is 0 Å². The molecule has 0 saturated heterocycles. The van der Waals surface area contributed by atoms with E-state index in [0.717, 1.165) is 23.9 Å². The number of rotatable bonds is 3. The van der Waals surface area contributed by atoms with Crippen LogP contribution in [0.25, 0.3) is 0 Å². The van der Waals surface area contributed by atoms with Gasteiger partial charge in [0.1, 0.15) is 5.82 Å². The summed E-state index contributed by atoms with van der Waals surface area (Å²) in [6.45, 7) is 2.83. The third kappa shape index (κ3) is 2.72. The average molecular weight is 227 g/mol. The van der Waals surface area contributed by atoms with Crippen LogP contribution in [0.3, 0.4) is 0 Å². The number of aromatic nitrogens is 3. The van der Waals surface area contributed by atoms with Gasteiger partial charge in [-0.1, -0.05) is 18.2 Å². The molecule has 2 heterocycles. The van der Waals surface area contributed by atoms with Gasteiger partial charge in [0, 0.05) is 18.7 Å². The van der Waals surface area contributed by atoms with E-state index >= 15 is 0 Å². The molecule has 1 atom stereocenters. The molecule has 1 N–H and O–H groups in total. The first-order valence-electron chi connectivity index (χ1n) is 5.50. The first-order valence-corrected chi connectivity index (χ1v) is 6.49. The third-order valence-corrected chi connectivity index (χ3v) is 3.74. The Labute approximate surface area is 94.1 Å². The molecule has 0 radical (unpaired) electrons. The monoisotopic (exact) mass is 227 g/mol. The largest absolute Gasteiger partial charge is 0.393 e. The van der Waals surface area contributed by atoms with Gasteiger partial charge in [-0.15, -0.1) is 10.2 Å². The first-order chi connectivity index (χ1) is 7.27. The number of hydrogen-bond acceptors (Lipinski definition) is 4. The fourth-order valence-electron chi connectivity index (χ4n) is 1.76. The summed E-state index contributed by atoms with van der Waals surface area (Å²) in [5, 5.41) is 18.6. The van der Waals surface area contributed by atoms with Crippen LogP contribution in [0.4, 0.5) is 0 Å². The van der Waals surface area contributed by atoms with Crippen LogP contribution in [-0.4, -0.2) is 31.7 Å². The second-order valence-corrected chi connectivity index (χ2v) is 5.01. The Morgan fingerprint density at radius 3 is 3.07 bits per heavy atom. The van der Waals surface area contributed by atoms with Crippen molar-refractivity contribution in [1.29, 1.82) is 0 Å². The average Bonchev–Trinajstić information content (AvgIpc) is 2.44. The molecular weight excluding hydrogens is 210 g/mol. The molecule has 1 aromatic heterocycles. The van der Waals surface area contributed by atoms with E-state index in [0.29, 0.717) is 5.75 Å². The van der Waals surface area contributed by atoms with Crippen molar-refractivity contribution in [1.82, 2.24) is 14.8 Å². The minimum Gasteiger partial charge on any atom is -0.393 e. The van der Waals surface area contributed by atoms with Crippen LogP contribution in [-0.2, 0) is 13.0 Å². The highest BCUT2D eigenvalue weighted by Crippen LogP contribution is 2.21. The van der Waals surface area contributed by atoms with Gasteiger partial charge >= 0.3 is 0 Å². The molecule has 5 heteroatoms. The molecule has 0 fully saturated rings. The summed E-state index contributed by atoms with van der Waals surface area (Å²) < 4.78 is 2.21. The maximum atomic E-state index is 9.23. The number of aliphatic hydroxyl groups excluding tert-OH is 1. The fourth-order valence-corrected chi connectivity index (χ4v) is 2.60. The predicted molar refractivity (Wildman–Crippen MR) is 60.0 cm³/mol. The van der Waals surface area contributed by atoms with Gasteiger partial charge < -0.3 is 9.67 Å². The molecular formula is C10H17N3OS. The van der Waals surface area contributed by atoms with E-state index in [-0.39, 0.29) is 6.10 Å². The van der Waals surface area contributed by atoms with Crippen molar-refractivity contribution in [2.75, 3.05) is 5.75 Å². The Hall–Kier alpha value is -0.550. The van der Waals surface area contributed by atoms with Gasteiger partial charge in [0.25, 0.3) is 0 Å². The molecule has 0 bridgehead atoms. The Bertz CT molecular complexity index is 324. The van der Waals surface area contributed by atoms with Crippen molar-refractivity contribution < 1.29 is 5.11 Å². The van der Waals surface area contributed by atoms with Crippen LogP contribution in [0.5, 0.6) is 0 Å². The molecule has 0 aliphatic carbocycles. The Morgan fingerprint density at radius 1 is 1.40 bits per heavy atom. The van der Waals surface area contributed by atoms with E-state index in [1.54, 1.807) is 18.7 Å². The van der Waals surface area contributed by atoms with Crippen molar-refractivity contribution in [3.63, 3.8) is 0 Å². The van der Waals surface area contributed by atoms with Gasteiger partial charge in [0.15, 0.2) is 5.16 Å². The third-order valence-electron chi connectivity index (χ3n) is 2.53. The van der Waals surface area contributed by atoms with Gasteiger partial charge in [-0.2, -0.15) is 0 Å². The van der Waals surface area contributed by atoms with Crippen LogP contribution < -0.4 is 0 Å². The summed E-state index contributed by atoms with van der Waals surface area (Å²) >= 11 is 1.60. The predicted octanol–water partition coefficient (Wildman–Crippen LogP) is 1.48. The van der Waals surface area contributed by atoms with Crippen LogP contribution >= 0.6 is 11.8 Å². The summed E-state index contributed by atoms with van der Waals surface area (Å²) in [5.74, 6) is 1.80. The smallest absolute Gasteiger partial charge is 0.191 e. The van der Waals surface area contributed by atoms with Crippen LogP contribution in [0.1, 0.15) is 32.0 Å². The van der Waals surface area contributed by atoms with Gasteiger partial charge in [-0.05, 0) is 19.8 Å². The maximum Gasteiger partial charge on any atom is 0.191 e. The number of nitrogens with zero attached hydrogens (tertiary/aromatic N) is 3. The minimum atomic E-state index is -0.284.